The number of nitrogens with zero attached hydrogens (tertiary/aromatic N) is 2. The number of ether oxygens (including phenoxy) is 3. The summed E-state index contributed by atoms with van der Waals surface area (Å²) in [5, 5.41) is 6.20. The van der Waals surface area contributed by atoms with Crippen molar-refractivity contribution in [1.29, 1.82) is 0 Å². The molecule has 0 spiro atoms. The van der Waals surface area contributed by atoms with Crippen molar-refractivity contribution in [2.24, 2.45) is 11.8 Å². The first-order valence-corrected chi connectivity index (χ1v) is 11.6. The standard InChI is InChI=1S/C24H27F3N4O4/c1-12-14(4-3-5-17(12)24(25,26)27)9-28-22-20(23-34-6-7-35-23)18(29-13(2)30-22)8-19(32)31-21-15-10-33-11-16(15)21/h3-5,15-16,21,23H,6-11H2,1-2H3,(H,31,32)(H,28,29,30)/t15-,16+,21+. The molecule has 2 N–H and O–H groups in total. The zero-order valence-corrected chi connectivity index (χ0v) is 19.4. The van der Waals surface area contributed by atoms with E-state index in [-0.39, 0.29) is 30.5 Å². The minimum absolute atomic E-state index is 0.00990. The Morgan fingerprint density at radius 3 is 2.51 bits per heavy atom. The van der Waals surface area contributed by atoms with Crippen LogP contribution in [0.25, 0.3) is 0 Å². The molecular formula is C24H27F3N4O4. The van der Waals surface area contributed by atoms with Gasteiger partial charge in [0.15, 0.2) is 6.29 Å². The molecule has 0 bridgehead atoms. The molecule has 2 aliphatic heterocycles. The molecule has 1 aromatic heterocycles. The van der Waals surface area contributed by atoms with Crippen LogP contribution in [0.3, 0.4) is 0 Å². The van der Waals surface area contributed by atoms with Gasteiger partial charge in [0.1, 0.15) is 11.6 Å². The molecule has 2 aromatic rings. The molecule has 3 atom stereocenters. The molecule has 35 heavy (non-hydrogen) atoms. The van der Waals surface area contributed by atoms with Crippen molar-refractivity contribution in [3.05, 3.63) is 52.0 Å². The highest BCUT2D eigenvalue weighted by atomic mass is 19.4. The minimum Gasteiger partial charge on any atom is -0.381 e. The third-order valence-corrected chi connectivity index (χ3v) is 6.80. The fourth-order valence-corrected chi connectivity index (χ4v) is 4.89. The number of rotatable bonds is 7. The van der Waals surface area contributed by atoms with E-state index in [1.54, 1.807) is 13.0 Å². The summed E-state index contributed by atoms with van der Waals surface area (Å²) in [6.45, 7) is 5.33. The maximum atomic E-state index is 13.3. The summed E-state index contributed by atoms with van der Waals surface area (Å²) in [5.41, 5.74) is 0.911. The van der Waals surface area contributed by atoms with Crippen LogP contribution in [-0.2, 0) is 38.1 Å². The Morgan fingerprint density at radius 1 is 1.11 bits per heavy atom. The topological polar surface area (TPSA) is 94.6 Å². The quantitative estimate of drug-likeness (QED) is 0.614. The van der Waals surface area contributed by atoms with Gasteiger partial charge in [-0.05, 0) is 31.0 Å². The summed E-state index contributed by atoms with van der Waals surface area (Å²) in [6, 6.07) is 4.22. The van der Waals surface area contributed by atoms with Gasteiger partial charge in [0.05, 0.1) is 49.7 Å². The molecule has 11 heteroatoms. The highest BCUT2D eigenvalue weighted by Gasteiger charge is 2.54. The third kappa shape index (κ3) is 4.98. The van der Waals surface area contributed by atoms with Crippen molar-refractivity contribution < 1.29 is 32.2 Å². The molecule has 8 nitrogen and oxygen atoms in total. The highest BCUT2D eigenvalue weighted by molar-refractivity contribution is 5.79. The summed E-state index contributed by atoms with van der Waals surface area (Å²) in [4.78, 5) is 21.8. The van der Waals surface area contributed by atoms with Crippen molar-refractivity contribution in [2.45, 2.75) is 45.3 Å². The second-order valence-electron chi connectivity index (χ2n) is 9.13. The molecule has 3 heterocycles. The lowest BCUT2D eigenvalue weighted by Crippen LogP contribution is -2.32. The van der Waals surface area contributed by atoms with Crippen LogP contribution in [0.4, 0.5) is 19.0 Å². The van der Waals surface area contributed by atoms with Crippen molar-refractivity contribution in [3.63, 3.8) is 0 Å². The smallest absolute Gasteiger partial charge is 0.381 e. The van der Waals surface area contributed by atoms with Gasteiger partial charge in [0.25, 0.3) is 0 Å². The van der Waals surface area contributed by atoms with Crippen LogP contribution in [0.1, 0.15) is 40.1 Å². The molecule has 0 unspecified atom stereocenters. The Hall–Kier alpha value is -2.76. The maximum absolute atomic E-state index is 13.3. The normalized spacial score (nSPS) is 23.9. The number of halogens is 3. The molecule has 3 aliphatic rings. The number of anilines is 1. The van der Waals surface area contributed by atoms with E-state index in [1.807, 2.05) is 0 Å². The average Bonchev–Trinajstić information content (AvgIpc) is 3.21. The number of hydrogen-bond acceptors (Lipinski definition) is 7. The molecule has 0 radical (unpaired) electrons. The molecule has 1 aliphatic carbocycles. The van der Waals surface area contributed by atoms with Gasteiger partial charge in [-0.25, -0.2) is 9.97 Å². The van der Waals surface area contributed by atoms with E-state index in [0.29, 0.717) is 66.7 Å². The van der Waals surface area contributed by atoms with Crippen molar-refractivity contribution >= 4 is 11.7 Å². The zero-order valence-electron chi connectivity index (χ0n) is 19.4. The number of amides is 1. The van der Waals surface area contributed by atoms with Crippen LogP contribution in [0, 0.1) is 25.7 Å². The Morgan fingerprint density at radius 2 is 1.83 bits per heavy atom. The summed E-state index contributed by atoms with van der Waals surface area (Å²) in [7, 11) is 0. The van der Waals surface area contributed by atoms with Gasteiger partial charge in [-0.15, -0.1) is 0 Å². The van der Waals surface area contributed by atoms with Crippen LogP contribution in [-0.4, -0.2) is 48.3 Å². The molecule has 1 aromatic carbocycles. The summed E-state index contributed by atoms with van der Waals surface area (Å²) in [6.07, 6.45) is -5.19. The number of alkyl halides is 3. The van der Waals surface area contributed by atoms with Gasteiger partial charge in [0.2, 0.25) is 5.91 Å². The Bertz CT molecular complexity index is 1110. The van der Waals surface area contributed by atoms with Gasteiger partial charge in [-0.1, -0.05) is 12.1 Å². The number of carbonyl (C=O) groups is 1. The van der Waals surface area contributed by atoms with E-state index < -0.39 is 18.0 Å². The van der Waals surface area contributed by atoms with Crippen LogP contribution in [0.2, 0.25) is 0 Å². The number of nitrogens with one attached hydrogen (secondary N) is 2. The van der Waals surface area contributed by atoms with Crippen LogP contribution in [0.5, 0.6) is 0 Å². The van der Waals surface area contributed by atoms with Gasteiger partial charge >= 0.3 is 6.18 Å². The number of aryl methyl sites for hydroxylation is 1. The molecule has 1 saturated carbocycles. The molecule has 5 rings (SSSR count). The maximum Gasteiger partial charge on any atom is 0.416 e. The lowest BCUT2D eigenvalue weighted by atomic mass is 10.0. The lowest BCUT2D eigenvalue weighted by Gasteiger charge is -2.20. The predicted molar refractivity (Wildman–Crippen MR) is 118 cm³/mol. The van der Waals surface area contributed by atoms with Gasteiger partial charge in [-0.2, -0.15) is 13.2 Å². The van der Waals surface area contributed by atoms with Crippen LogP contribution >= 0.6 is 0 Å². The van der Waals surface area contributed by atoms with Crippen LogP contribution < -0.4 is 10.6 Å². The summed E-state index contributed by atoms with van der Waals surface area (Å²) in [5.74, 6) is 1.39. The van der Waals surface area contributed by atoms with E-state index in [2.05, 4.69) is 20.6 Å². The number of hydrogen-bond donors (Lipinski definition) is 2. The summed E-state index contributed by atoms with van der Waals surface area (Å²) >= 11 is 0. The van der Waals surface area contributed by atoms with E-state index in [9.17, 15) is 18.0 Å². The first kappa shape index (κ1) is 24.0. The molecule has 1 amide bonds. The first-order chi connectivity index (χ1) is 16.7. The van der Waals surface area contributed by atoms with Crippen molar-refractivity contribution in [1.82, 2.24) is 15.3 Å². The highest BCUT2D eigenvalue weighted by Crippen LogP contribution is 2.44. The third-order valence-electron chi connectivity index (χ3n) is 6.80. The minimum atomic E-state index is -4.44. The molecular weight excluding hydrogens is 465 g/mol. The Labute approximate surface area is 200 Å². The van der Waals surface area contributed by atoms with E-state index in [1.165, 1.54) is 13.0 Å². The van der Waals surface area contributed by atoms with Crippen molar-refractivity contribution in [2.75, 3.05) is 31.7 Å². The summed E-state index contributed by atoms with van der Waals surface area (Å²) < 4.78 is 56.8. The van der Waals surface area contributed by atoms with E-state index >= 15 is 0 Å². The fourth-order valence-electron chi connectivity index (χ4n) is 4.89. The monoisotopic (exact) mass is 492 g/mol. The van der Waals surface area contributed by atoms with Crippen LogP contribution in [0.15, 0.2) is 18.2 Å². The second-order valence-corrected chi connectivity index (χ2v) is 9.13. The van der Waals surface area contributed by atoms with Crippen molar-refractivity contribution in [3.8, 4) is 0 Å². The van der Waals surface area contributed by atoms with Gasteiger partial charge in [0, 0.05) is 24.4 Å². The largest absolute Gasteiger partial charge is 0.416 e. The zero-order chi connectivity index (χ0) is 24.7. The van der Waals surface area contributed by atoms with E-state index in [0.717, 1.165) is 6.07 Å². The number of fused-ring (bicyclic) bond motifs is 1. The second kappa shape index (κ2) is 9.36. The number of benzene rings is 1. The Kier molecular flexibility index (Phi) is 6.41. The van der Waals surface area contributed by atoms with E-state index in [4.69, 9.17) is 14.2 Å². The Balaban J connectivity index is 1.38. The molecule has 188 valence electrons. The predicted octanol–water partition coefficient (Wildman–Crippen LogP) is 3.07. The number of aromatic nitrogens is 2. The average molecular weight is 492 g/mol. The number of carbonyl (C=O) groups excluding carboxylic acids is 1. The first-order valence-electron chi connectivity index (χ1n) is 11.6. The van der Waals surface area contributed by atoms with Gasteiger partial charge < -0.3 is 24.8 Å². The molecule has 3 fully saturated rings. The fraction of sp³-hybridized carbons (Fsp3) is 0.542. The molecule has 2 saturated heterocycles. The lowest BCUT2D eigenvalue weighted by molar-refractivity contribution is -0.138. The van der Waals surface area contributed by atoms with Gasteiger partial charge in [-0.3, -0.25) is 4.79 Å². The SMILES string of the molecule is Cc1nc(CC(=O)N[C@H]2[C@@H]3COC[C@@H]32)c(C2OCCO2)c(NCc2cccc(C(F)(F)F)c2C)n1.